The zero-order valence-electron chi connectivity index (χ0n) is 27.2. The summed E-state index contributed by atoms with van der Waals surface area (Å²) in [6, 6.07) is 15.8. The summed E-state index contributed by atoms with van der Waals surface area (Å²) in [6.45, 7) is 12.1. The first-order valence-electron chi connectivity index (χ1n) is 15.8. The van der Waals surface area contributed by atoms with E-state index in [1.54, 1.807) is 12.1 Å². The van der Waals surface area contributed by atoms with Gasteiger partial charge in [0.1, 0.15) is 17.7 Å². The number of aromatic nitrogens is 2. The topological polar surface area (TPSA) is 59.4 Å². The number of rotatable bonds is 10. The highest BCUT2D eigenvalue weighted by atomic mass is 35.5. The molecule has 11 heteroatoms. The van der Waals surface area contributed by atoms with Gasteiger partial charge >= 0.3 is 5.97 Å². The molecular formula is C35H49Cl3F2N4O2. The Kier molecular flexibility index (Phi) is 15.4. The van der Waals surface area contributed by atoms with Crippen LogP contribution in [-0.2, 0) is 22.5 Å². The largest absolute Gasteiger partial charge is 0.461 e. The molecular weight excluding hydrogens is 653 g/mol. The van der Waals surface area contributed by atoms with Crippen LogP contribution in [0.15, 0.2) is 54.6 Å². The van der Waals surface area contributed by atoms with Gasteiger partial charge in [0.05, 0.1) is 12.2 Å². The predicted octanol–water partition coefficient (Wildman–Crippen LogP) is 7.71. The molecule has 1 saturated carbocycles. The quantitative estimate of drug-likeness (QED) is 0.220. The average molecular weight is 702 g/mol. The summed E-state index contributed by atoms with van der Waals surface area (Å²) in [5.74, 6) is 0.203. The highest BCUT2D eigenvalue weighted by Crippen LogP contribution is 2.42. The van der Waals surface area contributed by atoms with Crippen molar-refractivity contribution in [1.29, 1.82) is 0 Å². The van der Waals surface area contributed by atoms with Crippen LogP contribution in [0.5, 0.6) is 0 Å². The van der Waals surface area contributed by atoms with Crippen molar-refractivity contribution in [3.05, 3.63) is 88.7 Å². The number of hydrogen-bond donors (Lipinski definition) is 1. The summed E-state index contributed by atoms with van der Waals surface area (Å²) in [5.41, 5.74) is 4.20. The molecule has 0 unspecified atom stereocenters. The highest BCUT2D eigenvalue weighted by Gasteiger charge is 2.39. The molecule has 46 heavy (non-hydrogen) atoms. The first-order chi connectivity index (χ1) is 20.6. The number of nitrogens with one attached hydrogen (secondary N) is 1. The smallest absolute Gasteiger partial charge is 0.320 e. The summed E-state index contributed by atoms with van der Waals surface area (Å²) in [6.07, 6.45) is 4.14. The molecule has 2 heterocycles. The minimum absolute atomic E-state index is 0. The Labute approximate surface area is 291 Å². The predicted molar refractivity (Wildman–Crippen MR) is 187 cm³/mol. The fraction of sp³-hybridized carbons (Fsp3) is 0.543. The second kappa shape index (κ2) is 17.8. The van der Waals surface area contributed by atoms with Crippen LogP contribution in [0.4, 0.5) is 8.78 Å². The molecule has 1 N–H and O–H groups in total. The van der Waals surface area contributed by atoms with Crippen molar-refractivity contribution in [2.24, 2.45) is 5.92 Å². The van der Waals surface area contributed by atoms with Gasteiger partial charge in [0.15, 0.2) is 0 Å². The standard InChI is InChI=1S/C35H46F2N4O2.3ClH/c1-5-41-33(20-30(39-41)17-24-9-11-28(36)12-10-24)25-13-15-40(16-14-25)23-27-19-31(43-34(42)22-38-35(2,3)4)21-32(27)26-7-6-8-29(37)18-26;;;/h6-12,18,20,25,27,31-32,38H,5,13-17,19,21-23H2,1-4H3;3*1H/t27-,31+,32-;;;/m1.../s1. The van der Waals surface area contributed by atoms with Gasteiger partial charge in [-0.1, -0.05) is 24.3 Å². The minimum atomic E-state index is -0.231. The Morgan fingerprint density at radius 1 is 0.978 bits per heavy atom. The van der Waals surface area contributed by atoms with E-state index in [9.17, 15) is 13.6 Å². The Morgan fingerprint density at radius 3 is 2.30 bits per heavy atom. The molecule has 3 aromatic rings. The summed E-state index contributed by atoms with van der Waals surface area (Å²) in [7, 11) is 0. The first kappa shape index (κ1) is 39.9. The van der Waals surface area contributed by atoms with Crippen molar-refractivity contribution in [1.82, 2.24) is 20.0 Å². The van der Waals surface area contributed by atoms with Crippen molar-refractivity contribution >= 4 is 43.2 Å². The second-order valence-electron chi connectivity index (χ2n) is 13.4. The van der Waals surface area contributed by atoms with Gasteiger partial charge in [0, 0.05) is 36.7 Å². The Bertz CT molecular complexity index is 1370. The van der Waals surface area contributed by atoms with Crippen LogP contribution in [0.25, 0.3) is 0 Å². The maximum absolute atomic E-state index is 14.2. The van der Waals surface area contributed by atoms with Crippen molar-refractivity contribution in [2.45, 2.75) is 89.8 Å². The average Bonchev–Trinajstić information content (AvgIpc) is 3.56. The normalized spacial score (nSPS) is 20.3. The number of carbonyl (C=O) groups excluding carboxylic acids is 1. The molecule has 1 saturated heterocycles. The van der Waals surface area contributed by atoms with Gasteiger partial charge in [-0.2, -0.15) is 5.10 Å². The van der Waals surface area contributed by atoms with Crippen LogP contribution in [0.1, 0.15) is 87.7 Å². The van der Waals surface area contributed by atoms with Crippen LogP contribution in [0.3, 0.4) is 0 Å². The number of ether oxygens (including phenoxy) is 1. The van der Waals surface area contributed by atoms with E-state index >= 15 is 0 Å². The fourth-order valence-electron chi connectivity index (χ4n) is 6.79. The molecule has 2 aromatic carbocycles. The van der Waals surface area contributed by atoms with Crippen LogP contribution >= 0.6 is 37.2 Å². The lowest BCUT2D eigenvalue weighted by Gasteiger charge is -2.35. The number of hydrogen-bond acceptors (Lipinski definition) is 5. The van der Waals surface area contributed by atoms with Gasteiger partial charge in [-0.25, -0.2) is 8.78 Å². The van der Waals surface area contributed by atoms with E-state index in [-0.39, 0.29) is 84.8 Å². The van der Waals surface area contributed by atoms with Crippen molar-refractivity contribution in [3.8, 4) is 0 Å². The molecule has 1 aromatic heterocycles. The van der Waals surface area contributed by atoms with E-state index < -0.39 is 0 Å². The molecule has 1 aliphatic carbocycles. The zero-order valence-corrected chi connectivity index (χ0v) is 29.7. The van der Waals surface area contributed by atoms with Gasteiger partial charge in [0.25, 0.3) is 0 Å². The molecule has 3 atom stereocenters. The van der Waals surface area contributed by atoms with Gasteiger partial charge in [-0.3, -0.25) is 9.48 Å². The van der Waals surface area contributed by atoms with E-state index in [2.05, 4.69) is 27.9 Å². The third-order valence-electron chi connectivity index (χ3n) is 8.95. The molecule has 0 amide bonds. The van der Waals surface area contributed by atoms with Crippen molar-refractivity contribution in [3.63, 3.8) is 0 Å². The lowest BCUT2D eigenvalue weighted by atomic mass is 9.87. The molecule has 2 fully saturated rings. The number of likely N-dealkylation sites (tertiary alicyclic amines) is 1. The van der Waals surface area contributed by atoms with Crippen LogP contribution in [0, 0.1) is 17.6 Å². The third-order valence-corrected chi connectivity index (χ3v) is 8.95. The SMILES string of the molecule is CCn1nc(Cc2ccc(F)cc2)cc1C1CCN(C[C@H]2C[C@H](OC(=O)CNC(C)(C)C)C[C@@H]2c2cccc(F)c2)CC1.Cl.Cl.Cl. The maximum Gasteiger partial charge on any atom is 0.320 e. The van der Waals surface area contributed by atoms with E-state index in [0.29, 0.717) is 12.3 Å². The Balaban J connectivity index is 0.00000245. The van der Waals surface area contributed by atoms with Crippen LogP contribution in [0.2, 0.25) is 0 Å². The number of carbonyl (C=O) groups is 1. The molecule has 5 rings (SSSR count). The molecule has 6 nitrogen and oxygen atoms in total. The fourth-order valence-corrected chi connectivity index (χ4v) is 6.79. The maximum atomic E-state index is 14.2. The monoisotopic (exact) mass is 700 g/mol. The third kappa shape index (κ3) is 10.9. The van der Waals surface area contributed by atoms with Gasteiger partial charge in [-0.05, 0) is 120 Å². The van der Waals surface area contributed by atoms with E-state index in [1.807, 2.05) is 39.0 Å². The van der Waals surface area contributed by atoms with Gasteiger partial charge in [-0.15, -0.1) is 37.2 Å². The molecule has 0 spiro atoms. The Hall–Kier alpha value is -2.23. The van der Waals surface area contributed by atoms with Crippen LogP contribution < -0.4 is 5.32 Å². The van der Waals surface area contributed by atoms with Crippen molar-refractivity contribution < 1.29 is 18.3 Å². The summed E-state index contributed by atoms with van der Waals surface area (Å²) in [5, 5.41) is 8.08. The molecule has 2 aliphatic rings. The van der Waals surface area contributed by atoms with Crippen LogP contribution in [-0.4, -0.2) is 58.5 Å². The van der Waals surface area contributed by atoms with Gasteiger partial charge in [0.2, 0.25) is 0 Å². The van der Waals surface area contributed by atoms with Crippen molar-refractivity contribution in [2.75, 3.05) is 26.2 Å². The van der Waals surface area contributed by atoms with E-state index in [1.165, 1.54) is 23.9 Å². The van der Waals surface area contributed by atoms with E-state index in [4.69, 9.17) is 9.84 Å². The number of esters is 1. The number of aryl methyl sites for hydroxylation is 1. The lowest BCUT2D eigenvalue weighted by molar-refractivity contribution is -0.148. The first-order valence-corrected chi connectivity index (χ1v) is 15.8. The molecule has 256 valence electrons. The summed E-state index contributed by atoms with van der Waals surface area (Å²) < 4.78 is 35.6. The number of benzene rings is 2. The minimum Gasteiger partial charge on any atom is -0.461 e. The number of nitrogens with zero attached hydrogens (tertiary/aromatic N) is 3. The second-order valence-corrected chi connectivity index (χ2v) is 13.4. The number of halogens is 5. The summed E-state index contributed by atoms with van der Waals surface area (Å²) >= 11 is 0. The van der Waals surface area contributed by atoms with E-state index in [0.717, 1.165) is 68.7 Å². The molecule has 0 bridgehead atoms. The molecule has 1 aliphatic heterocycles. The lowest BCUT2D eigenvalue weighted by Crippen LogP contribution is -2.40. The van der Waals surface area contributed by atoms with Gasteiger partial charge < -0.3 is 15.0 Å². The zero-order chi connectivity index (χ0) is 30.6. The molecule has 0 radical (unpaired) electrons. The Morgan fingerprint density at radius 2 is 1.67 bits per heavy atom. The highest BCUT2D eigenvalue weighted by molar-refractivity contribution is 5.86. The summed E-state index contributed by atoms with van der Waals surface area (Å²) in [4.78, 5) is 15.1. The number of piperidine rings is 1.